The molecule has 1 aromatic carbocycles. The second-order valence-electron chi connectivity index (χ2n) is 6.75. The first-order chi connectivity index (χ1) is 12.6. The number of thiazole rings is 1. The SMILES string of the molecule is Cc1ccc2nc(NC(=O)CN3CCC(c4nnc(C)s4)CC3)sc2c1. The molecule has 3 heterocycles. The topological polar surface area (TPSA) is 71.0 Å². The molecule has 1 N–H and O–H groups in total. The Balaban J connectivity index is 1.31. The highest BCUT2D eigenvalue weighted by molar-refractivity contribution is 7.22. The predicted molar refractivity (Wildman–Crippen MR) is 106 cm³/mol. The standard InChI is InChI=1S/C18H21N5OS2/c1-11-3-4-14-15(9-11)26-18(19-14)20-16(24)10-23-7-5-13(6-8-23)17-22-21-12(2)25-17/h3-4,9,13H,5-8,10H2,1-2H3,(H,19,20,24). The lowest BCUT2D eigenvalue weighted by atomic mass is 9.98. The maximum absolute atomic E-state index is 12.4. The van der Waals surface area contributed by atoms with E-state index in [4.69, 9.17) is 0 Å². The molecule has 0 saturated carbocycles. The fourth-order valence-electron chi connectivity index (χ4n) is 3.26. The van der Waals surface area contributed by atoms with Crippen LogP contribution in [0, 0.1) is 13.8 Å². The molecule has 2 aromatic heterocycles. The molecule has 1 fully saturated rings. The Hall–Kier alpha value is -1.90. The summed E-state index contributed by atoms with van der Waals surface area (Å²) in [5, 5.41) is 14.2. The van der Waals surface area contributed by atoms with Crippen LogP contribution in [0.25, 0.3) is 10.2 Å². The van der Waals surface area contributed by atoms with Crippen LogP contribution in [-0.4, -0.2) is 45.6 Å². The number of anilines is 1. The highest BCUT2D eigenvalue weighted by Gasteiger charge is 2.24. The van der Waals surface area contributed by atoms with Crippen LogP contribution in [0.3, 0.4) is 0 Å². The van der Waals surface area contributed by atoms with Crippen LogP contribution >= 0.6 is 22.7 Å². The zero-order chi connectivity index (χ0) is 18.1. The summed E-state index contributed by atoms with van der Waals surface area (Å²) in [4.78, 5) is 19.1. The van der Waals surface area contributed by atoms with Gasteiger partial charge in [0.05, 0.1) is 16.8 Å². The van der Waals surface area contributed by atoms with Crippen molar-refractivity contribution in [3.05, 3.63) is 33.8 Å². The highest BCUT2D eigenvalue weighted by atomic mass is 32.1. The molecule has 3 aromatic rings. The number of nitrogens with one attached hydrogen (secondary N) is 1. The number of aryl methyl sites for hydroxylation is 2. The van der Waals surface area contributed by atoms with Crippen molar-refractivity contribution in [2.75, 3.05) is 25.0 Å². The minimum atomic E-state index is 0.00554. The van der Waals surface area contributed by atoms with Gasteiger partial charge in [-0.05, 0) is 57.5 Å². The number of nitrogens with zero attached hydrogens (tertiary/aromatic N) is 4. The van der Waals surface area contributed by atoms with E-state index < -0.39 is 0 Å². The zero-order valence-corrected chi connectivity index (χ0v) is 16.5. The third kappa shape index (κ3) is 3.92. The first kappa shape index (κ1) is 17.5. The van der Waals surface area contributed by atoms with Crippen molar-refractivity contribution in [2.45, 2.75) is 32.6 Å². The van der Waals surface area contributed by atoms with Gasteiger partial charge in [-0.2, -0.15) is 0 Å². The number of piperidine rings is 1. The first-order valence-corrected chi connectivity index (χ1v) is 10.4. The molecule has 6 nitrogen and oxygen atoms in total. The van der Waals surface area contributed by atoms with E-state index in [9.17, 15) is 4.79 Å². The molecule has 1 aliphatic heterocycles. The molecule has 0 aliphatic carbocycles. The summed E-state index contributed by atoms with van der Waals surface area (Å²) in [7, 11) is 0. The smallest absolute Gasteiger partial charge is 0.240 e. The number of likely N-dealkylation sites (tertiary alicyclic amines) is 1. The zero-order valence-electron chi connectivity index (χ0n) is 14.9. The Labute approximate surface area is 160 Å². The minimum Gasteiger partial charge on any atom is -0.301 e. The lowest BCUT2D eigenvalue weighted by molar-refractivity contribution is -0.117. The van der Waals surface area contributed by atoms with Gasteiger partial charge in [-0.15, -0.1) is 21.5 Å². The lowest BCUT2D eigenvalue weighted by Crippen LogP contribution is -2.38. The van der Waals surface area contributed by atoms with E-state index in [-0.39, 0.29) is 5.91 Å². The Morgan fingerprint density at radius 1 is 1.23 bits per heavy atom. The molecule has 0 bridgehead atoms. The number of benzene rings is 1. The van der Waals surface area contributed by atoms with Gasteiger partial charge in [0.2, 0.25) is 5.91 Å². The molecule has 0 unspecified atom stereocenters. The first-order valence-electron chi connectivity index (χ1n) is 8.76. The van der Waals surface area contributed by atoms with Crippen molar-refractivity contribution in [2.24, 2.45) is 0 Å². The van der Waals surface area contributed by atoms with Gasteiger partial charge in [0.15, 0.2) is 5.13 Å². The molecule has 1 aliphatic rings. The fraction of sp³-hybridized carbons (Fsp3) is 0.444. The molecule has 136 valence electrons. The number of fused-ring (bicyclic) bond motifs is 1. The molecule has 8 heteroatoms. The predicted octanol–water partition coefficient (Wildman–Crippen LogP) is 3.58. The van der Waals surface area contributed by atoms with E-state index in [1.165, 1.54) is 16.9 Å². The average molecular weight is 388 g/mol. The van der Waals surface area contributed by atoms with Gasteiger partial charge < -0.3 is 5.32 Å². The number of hydrogen-bond acceptors (Lipinski definition) is 7. The second-order valence-corrected chi connectivity index (χ2v) is 8.99. The molecule has 0 radical (unpaired) electrons. The molecule has 26 heavy (non-hydrogen) atoms. The normalized spacial score (nSPS) is 16.2. The van der Waals surface area contributed by atoms with Crippen molar-refractivity contribution in [3.8, 4) is 0 Å². The minimum absolute atomic E-state index is 0.00554. The van der Waals surface area contributed by atoms with Crippen LogP contribution in [0.5, 0.6) is 0 Å². The molecular formula is C18H21N5OS2. The van der Waals surface area contributed by atoms with Crippen LogP contribution in [0.1, 0.15) is 34.3 Å². The molecular weight excluding hydrogens is 366 g/mol. The van der Waals surface area contributed by atoms with E-state index in [2.05, 4.69) is 38.4 Å². The second kappa shape index (κ2) is 7.38. The summed E-state index contributed by atoms with van der Waals surface area (Å²) in [6.45, 7) is 6.29. The highest BCUT2D eigenvalue weighted by Crippen LogP contribution is 2.30. The van der Waals surface area contributed by atoms with Crippen LogP contribution in [0.2, 0.25) is 0 Å². The Bertz CT molecular complexity index is 927. The number of hydrogen-bond donors (Lipinski definition) is 1. The average Bonchev–Trinajstić information content (AvgIpc) is 3.20. The lowest BCUT2D eigenvalue weighted by Gasteiger charge is -2.30. The van der Waals surface area contributed by atoms with Crippen LogP contribution in [-0.2, 0) is 4.79 Å². The van der Waals surface area contributed by atoms with Gasteiger partial charge in [-0.3, -0.25) is 9.69 Å². The monoisotopic (exact) mass is 387 g/mol. The molecule has 1 saturated heterocycles. The van der Waals surface area contributed by atoms with E-state index in [1.54, 1.807) is 11.3 Å². The number of amides is 1. The van der Waals surface area contributed by atoms with Crippen LogP contribution < -0.4 is 5.32 Å². The third-order valence-corrected chi connectivity index (χ3v) is 6.57. The fourth-order valence-corrected chi connectivity index (χ4v) is 5.11. The van der Waals surface area contributed by atoms with Crippen molar-refractivity contribution in [1.29, 1.82) is 0 Å². The maximum Gasteiger partial charge on any atom is 0.240 e. The quantitative estimate of drug-likeness (QED) is 0.741. The van der Waals surface area contributed by atoms with Gasteiger partial charge in [0, 0.05) is 5.92 Å². The number of rotatable bonds is 4. The summed E-state index contributed by atoms with van der Waals surface area (Å²) in [6, 6.07) is 6.14. The van der Waals surface area contributed by atoms with E-state index in [0.29, 0.717) is 17.6 Å². The van der Waals surface area contributed by atoms with Gasteiger partial charge in [-0.25, -0.2) is 4.98 Å². The largest absolute Gasteiger partial charge is 0.301 e. The Kier molecular flexibility index (Phi) is 4.97. The molecule has 1 amide bonds. The van der Waals surface area contributed by atoms with Gasteiger partial charge in [0.1, 0.15) is 10.0 Å². The molecule has 4 rings (SSSR count). The van der Waals surface area contributed by atoms with Gasteiger partial charge in [-0.1, -0.05) is 17.4 Å². The third-order valence-electron chi connectivity index (χ3n) is 4.64. The summed E-state index contributed by atoms with van der Waals surface area (Å²) in [6.07, 6.45) is 2.06. The molecule has 0 atom stereocenters. The summed E-state index contributed by atoms with van der Waals surface area (Å²) in [5.41, 5.74) is 2.14. The summed E-state index contributed by atoms with van der Waals surface area (Å²) < 4.78 is 1.11. The number of aromatic nitrogens is 3. The van der Waals surface area contributed by atoms with Crippen molar-refractivity contribution >= 4 is 43.9 Å². The van der Waals surface area contributed by atoms with Crippen molar-refractivity contribution < 1.29 is 4.79 Å². The van der Waals surface area contributed by atoms with Crippen LogP contribution in [0.4, 0.5) is 5.13 Å². The van der Waals surface area contributed by atoms with Crippen LogP contribution in [0.15, 0.2) is 18.2 Å². The molecule has 0 spiro atoms. The van der Waals surface area contributed by atoms with E-state index in [1.807, 2.05) is 19.1 Å². The Morgan fingerprint density at radius 3 is 2.77 bits per heavy atom. The van der Waals surface area contributed by atoms with Gasteiger partial charge >= 0.3 is 0 Å². The van der Waals surface area contributed by atoms with E-state index in [0.717, 1.165) is 46.2 Å². The van der Waals surface area contributed by atoms with E-state index >= 15 is 0 Å². The Morgan fingerprint density at radius 2 is 2.04 bits per heavy atom. The van der Waals surface area contributed by atoms with Crippen molar-refractivity contribution in [3.63, 3.8) is 0 Å². The van der Waals surface area contributed by atoms with Crippen molar-refractivity contribution in [1.82, 2.24) is 20.1 Å². The van der Waals surface area contributed by atoms with Gasteiger partial charge in [0.25, 0.3) is 0 Å². The summed E-state index contributed by atoms with van der Waals surface area (Å²) in [5.74, 6) is 0.485. The maximum atomic E-state index is 12.4. The number of carbonyl (C=O) groups excluding carboxylic acids is 1. The summed E-state index contributed by atoms with van der Waals surface area (Å²) >= 11 is 3.21. The number of carbonyl (C=O) groups is 1.